The normalized spacial score (nSPS) is 20.7. The third kappa shape index (κ3) is 6.62. The van der Waals surface area contributed by atoms with Crippen molar-refractivity contribution in [3.05, 3.63) is 0 Å². The maximum Gasteiger partial charge on any atom is 0.143 e. The van der Waals surface area contributed by atoms with Crippen molar-refractivity contribution in [2.45, 2.75) is 83.4 Å². The van der Waals surface area contributed by atoms with Gasteiger partial charge in [0.1, 0.15) is 17.6 Å². The van der Waals surface area contributed by atoms with Gasteiger partial charge in [0.2, 0.25) is 0 Å². The van der Waals surface area contributed by atoms with Gasteiger partial charge < -0.3 is 10.0 Å². The van der Waals surface area contributed by atoms with Gasteiger partial charge in [-0.05, 0) is 13.3 Å². The summed E-state index contributed by atoms with van der Waals surface area (Å²) in [6.07, 6.45) is 11.0. The van der Waals surface area contributed by atoms with Gasteiger partial charge in [0.15, 0.2) is 0 Å². The molecule has 0 spiro atoms. The minimum atomic E-state index is -0.475. The quantitative estimate of drug-likeness (QED) is 0.373. The first-order chi connectivity index (χ1) is 9.15. The van der Waals surface area contributed by atoms with Crippen LogP contribution >= 0.6 is 11.6 Å². The predicted molar refractivity (Wildman–Crippen MR) is 82.7 cm³/mol. The van der Waals surface area contributed by atoms with Crippen LogP contribution in [-0.2, 0) is 0 Å². The van der Waals surface area contributed by atoms with Crippen molar-refractivity contribution in [3.63, 3.8) is 0 Å². The largest absolute Gasteiger partial charge is 0.374 e. The number of rotatable bonds is 10. The van der Waals surface area contributed by atoms with Crippen LogP contribution in [0.2, 0.25) is 0 Å². The van der Waals surface area contributed by atoms with Crippen molar-refractivity contribution in [2.24, 2.45) is 4.99 Å². The molecular formula is C15H29ClN2O. The van der Waals surface area contributed by atoms with E-state index in [-0.39, 0.29) is 5.50 Å². The highest BCUT2D eigenvalue weighted by atomic mass is 35.5. The number of aliphatic imine (C=N–C) groups is 1. The molecule has 0 aliphatic carbocycles. The van der Waals surface area contributed by atoms with Crippen LogP contribution in [0, 0.1) is 0 Å². The van der Waals surface area contributed by atoms with Gasteiger partial charge in [-0.3, -0.25) is 4.99 Å². The van der Waals surface area contributed by atoms with Crippen molar-refractivity contribution in [3.8, 4) is 0 Å². The Morgan fingerprint density at radius 1 is 1.21 bits per heavy atom. The number of hydrogen-bond donors (Lipinski definition) is 1. The Morgan fingerprint density at radius 2 is 1.79 bits per heavy atom. The molecule has 0 aromatic rings. The summed E-state index contributed by atoms with van der Waals surface area (Å²) in [7, 11) is 0. The van der Waals surface area contributed by atoms with E-state index >= 15 is 0 Å². The predicted octanol–water partition coefficient (Wildman–Crippen LogP) is 4.13. The second kappa shape index (κ2) is 9.60. The molecule has 4 heteroatoms. The van der Waals surface area contributed by atoms with Gasteiger partial charge in [-0.15, -0.1) is 0 Å². The summed E-state index contributed by atoms with van der Waals surface area (Å²) in [6, 6.07) is 0. The lowest BCUT2D eigenvalue weighted by molar-refractivity contribution is 0.0754. The molecule has 0 saturated carbocycles. The lowest BCUT2D eigenvalue weighted by Crippen LogP contribution is -2.36. The number of halogens is 1. The molecular weight excluding hydrogens is 260 g/mol. The van der Waals surface area contributed by atoms with Crippen molar-refractivity contribution in [1.82, 2.24) is 4.90 Å². The Labute approximate surface area is 123 Å². The molecule has 1 aliphatic rings. The summed E-state index contributed by atoms with van der Waals surface area (Å²) in [5.74, 6) is 0.987. The summed E-state index contributed by atoms with van der Waals surface area (Å²) in [5.41, 5.74) is -0.182. The lowest BCUT2D eigenvalue weighted by atomic mass is 10.1. The first kappa shape index (κ1) is 16.8. The second-order valence-electron chi connectivity index (χ2n) is 5.49. The van der Waals surface area contributed by atoms with E-state index in [4.69, 9.17) is 11.6 Å². The molecule has 3 nitrogen and oxygen atoms in total. The zero-order valence-corrected chi connectivity index (χ0v) is 13.2. The smallest absolute Gasteiger partial charge is 0.143 e. The highest BCUT2D eigenvalue weighted by molar-refractivity contribution is 6.22. The molecule has 0 bridgehead atoms. The van der Waals surface area contributed by atoms with Crippen molar-refractivity contribution < 1.29 is 5.11 Å². The third-order valence-electron chi connectivity index (χ3n) is 3.67. The number of aliphatic hydroxyl groups excluding tert-OH is 1. The first-order valence-corrected chi connectivity index (χ1v) is 8.24. The van der Waals surface area contributed by atoms with E-state index < -0.39 is 6.23 Å². The summed E-state index contributed by atoms with van der Waals surface area (Å²) >= 11 is 6.02. The van der Waals surface area contributed by atoms with E-state index in [9.17, 15) is 5.11 Å². The minimum Gasteiger partial charge on any atom is -0.374 e. The molecule has 1 aliphatic heterocycles. The van der Waals surface area contributed by atoms with Gasteiger partial charge in [0.05, 0.1) is 6.54 Å². The van der Waals surface area contributed by atoms with E-state index in [1.807, 2.05) is 4.90 Å². The van der Waals surface area contributed by atoms with Crippen LogP contribution in [-0.4, -0.2) is 34.1 Å². The Balaban J connectivity index is 2.07. The number of unbranched alkanes of at least 4 members (excludes halogenated alkanes) is 7. The standard InChI is InChI=1S/C15H29ClN2O/c1-3-4-5-6-7-8-9-10-11-15-17-14(16)12-18(15)13(2)19/h13-14,19H,3-12H2,1-2H3. The van der Waals surface area contributed by atoms with E-state index in [2.05, 4.69) is 11.9 Å². The molecule has 0 fully saturated rings. The molecule has 19 heavy (non-hydrogen) atoms. The van der Waals surface area contributed by atoms with Crippen LogP contribution in [0.4, 0.5) is 0 Å². The highest BCUT2D eigenvalue weighted by Gasteiger charge is 2.25. The van der Waals surface area contributed by atoms with Crippen molar-refractivity contribution in [1.29, 1.82) is 0 Å². The number of nitrogens with zero attached hydrogens (tertiary/aromatic N) is 2. The van der Waals surface area contributed by atoms with Gasteiger partial charge in [-0.2, -0.15) is 0 Å². The van der Waals surface area contributed by atoms with E-state index in [0.717, 1.165) is 18.7 Å². The molecule has 0 aromatic heterocycles. The number of amidine groups is 1. The average molecular weight is 289 g/mol. The minimum absolute atomic E-state index is 0.182. The van der Waals surface area contributed by atoms with E-state index in [0.29, 0.717) is 6.54 Å². The molecule has 0 saturated heterocycles. The summed E-state index contributed by atoms with van der Waals surface area (Å²) < 4.78 is 0. The highest BCUT2D eigenvalue weighted by Crippen LogP contribution is 2.19. The molecule has 0 amide bonds. The van der Waals surface area contributed by atoms with Crippen LogP contribution in [0.5, 0.6) is 0 Å². The van der Waals surface area contributed by atoms with Gasteiger partial charge in [0, 0.05) is 6.42 Å². The molecule has 1 heterocycles. The summed E-state index contributed by atoms with van der Waals surface area (Å²) in [6.45, 7) is 4.67. The van der Waals surface area contributed by atoms with E-state index in [1.165, 1.54) is 44.9 Å². The van der Waals surface area contributed by atoms with Crippen LogP contribution in [0.25, 0.3) is 0 Å². The van der Waals surface area contributed by atoms with Gasteiger partial charge in [-0.25, -0.2) is 0 Å². The monoisotopic (exact) mass is 288 g/mol. The molecule has 1 N–H and O–H groups in total. The number of hydrogen-bond acceptors (Lipinski definition) is 3. The van der Waals surface area contributed by atoms with Crippen LogP contribution in [0.15, 0.2) is 4.99 Å². The fourth-order valence-corrected chi connectivity index (χ4v) is 2.80. The molecule has 1 rings (SSSR count). The SMILES string of the molecule is CCCCCCCCCCC1=NC(Cl)CN1C(C)O. The lowest BCUT2D eigenvalue weighted by Gasteiger charge is -2.23. The average Bonchev–Trinajstić information content (AvgIpc) is 2.74. The Morgan fingerprint density at radius 3 is 2.37 bits per heavy atom. The summed E-state index contributed by atoms with van der Waals surface area (Å²) in [4.78, 5) is 6.31. The van der Waals surface area contributed by atoms with Crippen LogP contribution in [0.1, 0.15) is 71.6 Å². The molecule has 112 valence electrons. The second-order valence-corrected chi connectivity index (χ2v) is 5.99. The fourth-order valence-electron chi connectivity index (χ4n) is 2.54. The van der Waals surface area contributed by atoms with Gasteiger partial charge in [-0.1, -0.05) is 63.5 Å². The molecule has 0 radical (unpaired) electrons. The maximum atomic E-state index is 9.65. The van der Waals surface area contributed by atoms with Gasteiger partial charge >= 0.3 is 0 Å². The van der Waals surface area contributed by atoms with Crippen LogP contribution < -0.4 is 0 Å². The fraction of sp³-hybridized carbons (Fsp3) is 0.933. The maximum absolute atomic E-state index is 9.65. The van der Waals surface area contributed by atoms with Crippen molar-refractivity contribution in [2.75, 3.05) is 6.54 Å². The zero-order chi connectivity index (χ0) is 14.1. The zero-order valence-electron chi connectivity index (χ0n) is 12.4. The molecule has 0 aromatic carbocycles. The Hall–Kier alpha value is -0.280. The van der Waals surface area contributed by atoms with Gasteiger partial charge in [0.25, 0.3) is 0 Å². The first-order valence-electron chi connectivity index (χ1n) is 7.80. The van der Waals surface area contributed by atoms with Crippen molar-refractivity contribution >= 4 is 17.4 Å². The topological polar surface area (TPSA) is 35.8 Å². The van der Waals surface area contributed by atoms with Crippen LogP contribution in [0.3, 0.4) is 0 Å². The van der Waals surface area contributed by atoms with E-state index in [1.54, 1.807) is 6.92 Å². The third-order valence-corrected chi connectivity index (χ3v) is 3.91. The Kier molecular flexibility index (Phi) is 8.47. The number of alkyl halides is 1. The summed E-state index contributed by atoms with van der Waals surface area (Å²) in [5, 5.41) is 9.65. The Bertz CT molecular complexity index is 269. The molecule has 2 atom stereocenters. The molecule has 2 unspecified atom stereocenters. The number of aliphatic hydroxyl groups is 1.